The highest BCUT2D eigenvalue weighted by atomic mass is 31.2. The van der Waals surface area contributed by atoms with Gasteiger partial charge in [0.2, 0.25) is 0 Å². The van der Waals surface area contributed by atoms with Gasteiger partial charge in [0.25, 0.3) is 0 Å². The summed E-state index contributed by atoms with van der Waals surface area (Å²) in [6.07, 6.45) is 10.2. The summed E-state index contributed by atoms with van der Waals surface area (Å²) in [6, 6.07) is 0. The zero-order valence-electron chi connectivity index (χ0n) is 13.9. The first kappa shape index (κ1) is 24.6. The summed E-state index contributed by atoms with van der Waals surface area (Å²) in [7, 11) is -1.92. The molecule has 2 N–H and O–H groups in total. The Balaban J connectivity index is -0.00000128. The highest BCUT2D eigenvalue weighted by molar-refractivity contribution is 7.65. The maximum Gasteiger partial charge on any atom is 0.0925 e. The van der Waals surface area contributed by atoms with Crippen LogP contribution in [0.1, 0.15) is 79.6 Å². The lowest BCUT2D eigenvalue weighted by atomic mass is 10.1. The van der Waals surface area contributed by atoms with E-state index in [0.717, 1.165) is 6.16 Å². The molecule has 0 bridgehead atoms. The van der Waals surface area contributed by atoms with Crippen LogP contribution in [0, 0.1) is 0 Å². The van der Waals surface area contributed by atoms with E-state index in [2.05, 4.69) is 34.6 Å². The van der Waals surface area contributed by atoms with Crippen molar-refractivity contribution in [2.75, 3.05) is 6.16 Å². The zero-order chi connectivity index (χ0) is 13.3. The van der Waals surface area contributed by atoms with Gasteiger partial charge in [0, 0.05) is 17.5 Å². The van der Waals surface area contributed by atoms with Crippen LogP contribution in [0.2, 0.25) is 0 Å². The molecule has 0 radical (unpaired) electrons. The monoisotopic (exact) mass is 312 g/mol. The minimum absolute atomic E-state index is 0. The Bertz CT molecular complexity index is 216. The van der Waals surface area contributed by atoms with Crippen molar-refractivity contribution in [1.29, 1.82) is 0 Å². The number of unbranched alkanes of at least 4 members (excludes halogenated alkanes) is 6. The fourth-order valence-corrected chi connectivity index (χ4v) is 5.37. The molecule has 0 aliphatic carbocycles. The van der Waals surface area contributed by atoms with Gasteiger partial charge in [-0.25, -0.2) is 0 Å². The molecule has 120 valence electrons. The molecule has 19 heavy (non-hydrogen) atoms. The molecule has 1 unspecified atom stereocenters. The largest absolute Gasteiger partial charge is 0.412 e. The molecule has 0 aromatic heterocycles. The lowest BCUT2D eigenvalue weighted by Gasteiger charge is -2.26. The molecule has 0 aliphatic rings. The Hall–Kier alpha value is 0.620. The lowest BCUT2D eigenvalue weighted by molar-refractivity contribution is 0.553. The van der Waals surface area contributed by atoms with Crippen LogP contribution in [0.25, 0.3) is 0 Å². The summed E-state index contributed by atoms with van der Waals surface area (Å²) in [5.41, 5.74) is 0.727. The van der Waals surface area contributed by atoms with Crippen LogP contribution in [0.15, 0.2) is 0 Å². The van der Waals surface area contributed by atoms with Crippen molar-refractivity contribution in [1.82, 2.24) is 0 Å². The smallest absolute Gasteiger partial charge is 0.0925 e. The van der Waals surface area contributed by atoms with Gasteiger partial charge in [0.1, 0.15) is 0 Å². The van der Waals surface area contributed by atoms with Crippen molar-refractivity contribution >= 4 is 17.0 Å². The van der Waals surface area contributed by atoms with Gasteiger partial charge in [0.05, 0.1) is 7.14 Å². The van der Waals surface area contributed by atoms with E-state index in [9.17, 15) is 4.57 Å². The predicted molar refractivity (Wildman–Crippen MR) is 95.5 cm³/mol. The Morgan fingerprint density at radius 2 is 1.16 bits per heavy atom. The second-order valence-corrected chi connectivity index (χ2v) is 10.1. The number of rotatable bonds is 10. The standard InChI is InChI=1S/C15H33OP.H2O.H3P/c1-6-7-8-9-10-11-12-13-17(16,14(2)3)15(4)5;;/h14-15H,6-13H2,1-5H3;1H2;1H3. The van der Waals surface area contributed by atoms with Gasteiger partial charge >= 0.3 is 0 Å². The third-order valence-electron chi connectivity index (χ3n) is 3.86. The fraction of sp³-hybridized carbons (Fsp3) is 1.00. The predicted octanol–water partition coefficient (Wildman–Crippen LogP) is 5.15. The lowest BCUT2D eigenvalue weighted by Crippen LogP contribution is -2.11. The van der Waals surface area contributed by atoms with Gasteiger partial charge in [-0.3, -0.25) is 0 Å². The maximum atomic E-state index is 12.7. The second kappa shape index (κ2) is 13.6. The minimum Gasteiger partial charge on any atom is -0.412 e. The van der Waals surface area contributed by atoms with Crippen LogP contribution in [0.4, 0.5) is 0 Å². The quantitative estimate of drug-likeness (QED) is 0.406. The van der Waals surface area contributed by atoms with E-state index in [-0.39, 0.29) is 15.4 Å². The second-order valence-electron chi connectivity index (χ2n) is 5.89. The van der Waals surface area contributed by atoms with E-state index >= 15 is 0 Å². The van der Waals surface area contributed by atoms with Gasteiger partial charge in [-0.05, 0) is 6.42 Å². The summed E-state index contributed by atoms with van der Waals surface area (Å²) in [5, 5.41) is 0. The molecule has 0 aromatic carbocycles. The first-order valence-corrected chi connectivity index (χ1v) is 9.56. The van der Waals surface area contributed by atoms with Crippen LogP contribution >= 0.6 is 17.0 Å². The van der Waals surface area contributed by atoms with Gasteiger partial charge in [0.15, 0.2) is 0 Å². The Morgan fingerprint density at radius 1 is 0.789 bits per heavy atom. The molecular formula is C15H38O2P2. The molecule has 0 amide bonds. The van der Waals surface area contributed by atoms with Crippen LogP contribution < -0.4 is 0 Å². The minimum atomic E-state index is -1.92. The fourth-order valence-electron chi connectivity index (χ4n) is 2.43. The van der Waals surface area contributed by atoms with Gasteiger partial charge < -0.3 is 10.0 Å². The molecule has 0 saturated heterocycles. The van der Waals surface area contributed by atoms with Crippen molar-refractivity contribution in [2.24, 2.45) is 0 Å². The Kier molecular flexibility index (Phi) is 17.6. The molecule has 0 aliphatic heterocycles. The molecule has 4 heteroatoms. The Labute approximate surface area is 124 Å². The van der Waals surface area contributed by atoms with E-state index in [1.165, 1.54) is 44.9 Å². The molecule has 1 atom stereocenters. The van der Waals surface area contributed by atoms with Crippen molar-refractivity contribution in [3.05, 3.63) is 0 Å². The third kappa shape index (κ3) is 10.1. The van der Waals surface area contributed by atoms with Crippen LogP contribution in [0.3, 0.4) is 0 Å². The molecule has 0 rings (SSSR count). The third-order valence-corrected chi connectivity index (χ3v) is 8.37. The maximum absolute atomic E-state index is 12.7. The van der Waals surface area contributed by atoms with Crippen LogP contribution in [0.5, 0.6) is 0 Å². The van der Waals surface area contributed by atoms with E-state index < -0.39 is 7.14 Å². The van der Waals surface area contributed by atoms with Crippen molar-refractivity contribution in [3.8, 4) is 0 Å². The van der Waals surface area contributed by atoms with E-state index in [4.69, 9.17) is 0 Å². The summed E-state index contributed by atoms with van der Waals surface area (Å²) in [6.45, 7) is 10.8. The highest BCUT2D eigenvalue weighted by Gasteiger charge is 2.29. The topological polar surface area (TPSA) is 48.6 Å². The summed E-state index contributed by atoms with van der Waals surface area (Å²) in [5.74, 6) is 0. The first-order valence-electron chi connectivity index (χ1n) is 7.53. The normalized spacial score (nSPS) is 11.3. The molecule has 0 heterocycles. The van der Waals surface area contributed by atoms with Crippen molar-refractivity contribution in [2.45, 2.75) is 90.9 Å². The molecule has 0 aromatic rings. The summed E-state index contributed by atoms with van der Waals surface area (Å²) >= 11 is 0. The molecule has 0 saturated carbocycles. The van der Waals surface area contributed by atoms with E-state index in [0.29, 0.717) is 11.3 Å². The summed E-state index contributed by atoms with van der Waals surface area (Å²) < 4.78 is 12.7. The van der Waals surface area contributed by atoms with Crippen molar-refractivity contribution in [3.63, 3.8) is 0 Å². The van der Waals surface area contributed by atoms with E-state index in [1.54, 1.807) is 0 Å². The molecule has 2 nitrogen and oxygen atoms in total. The van der Waals surface area contributed by atoms with E-state index in [1.807, 2.05) is 0 Å². The summed E-state index contributed by atoms with van der Waals surface area (Å²) in [4.78, 5) is 0. The van der Waals surface area contributed by atoms with Crippen molar-refractivity contribution < 1.29 is 10.0 Å². The number of hydrogen-bond donors (Lipinski definition) is 0. The number of hydrogen-bond acceptors (Lipinski definition) is 1. The average Bonchev–Trinajstić information content (AvgIpc) is 2.27. The SMILES string of the molecule is CCCCCCCCCP(=O)(C(C)C)C(C)C.O.P. The highest BCUT2D eigenvalue weighted by Crippen LogP contribution is 2.55. The zero-order valence-corrected chi connectivity index (χ0v) is 16.2. The van der Waals surface area contributed by atoms with Gasteiger partial charge in [-0.15, -0.1) is 0 Å². The molecular weight excluding hydrogens is 274 g/mol. The first-order chi connectivity index (χ1) is 7.95. The van der Waals surface area contributed by atoms with Gasteiger partial charge in [-0.1, -0.05) is 73.1 Å². The van der Waals surface area contributed by atoms with Crippen LogP contribution in [-0.4, -0.2) is 23.0 Å². The Morgan fingerprint density at radius 3 is 1.53 bits per heavy atom. The average molecular weight is 312 g/mol. The molecule has 0 spiro atoms. The molecule has 0 fully saturated rings. The van der Waals surface area contributed by atoms with Crippen LogP contribution in [-0.2, 0) is 4.57 Å². The van der Waals surface area contributed by atoms with Gasteiger partial charge in [-0.2, -0.15) is 9.90 Å².